The SMILES string of the molecule is [B]c1ccc(CC(NC(=O)OC(C)(C)C)C(=O)OC)nc1. The molecule has 1 aromatic rings. The molecule has 1 aromatic heterocycles. The van der Waals surface area contributed by atoms with Crippen LogP contribution in [0.2, 0.25) is 0 Å². The Hall–Kier alpha value is -2.05. The first-order valence-electron chi connectivity index (χ1n) is 6.49. The number of rotatable bonds is 4. The van der Waals surface area contributed by atoms with Crippen LogP contribution in [0.1, 0.15) is 26.5 Å². The highest BCUT2D eigenvalue weighted by Gasteiger charge is 2.25. The third kappa shape index (κ3) is 6.29. The molecule has 6 nitrogen and oxygen atoms in total. The van der Waals surface area contributed by atoms with Gasteiger partial charge in [0.15, 0.2) is 0 Å². The number of nitrogens with zero attached hydrogens (tertiary/aromatic N) is 1. The second-order valence-electron chi connectivity index (χ2n) is 5.51. The van der Waals surface area contributed by atoms with Gasteiger partial charge in [-0.25, -0.2) is 9.59 Å². The number of hydrogen-bond donors (Lipinski definition) is 1. The average Bonchev–Trinajstić information content (AvgIpc) is 2.37. The minimum atomic E-state index is -0.874. The normalized spacial score (nSPS) is 12.4. The molecule has 1 N–H and O–H groups in total. The predicted molar refractivity (Wildman–Crippen MR) is 78.5 cm³/mol. The third-order valence-electron chi connectivity index (χ3n) is 2.44. The summed E-state index contributed by atoms with van der Waals surface area (Å²) < 4.78 is 9.80. The van der Waals surface area contributed by atoms with E-state index in [1.807, 2.05) is 0 Å². The lowest BCUT2D eigenvalue weighted by molar-refractivity contribution is -0.143. The zero-order valence-corrected chi connectivity index (χ0v) is 12.7. The van der Waals surface area contributed by atoms with E-state index in [1.54, 1.807) is 32.9 Å². The van der Waals surface area contributed by atoms with Gasteiger partial charge in [0.1, 0.15) is 19.5 Å². The minimum Gasteiger partial charge on any atom is -0.467 e. The highest BCUT2D eigenvalue weighted by atomic mass is 16.6. The number of pyridine rings is 1. The summed E-state index contributed by atoms with van der Waals surface area (Å²) in [5.41, 5.74) is 0.480. The molecule has 1 heterocycles. The van der Waals surface area contributed by atoms with Crippen molar-refractivity contribution in [2.45, 2.75) is 38.8 Å². The maximum atomic E-state index is 11.8. The van der Waals surface area contributed by atoms with E-state index in [4.69, 9.17) is 12.6 Å². The summed E-state index contributed by atoms with van der Waals surface area (Å²) >= 11 is 0. The molecule has 0 saturated heterocycles. The molecule has 7 heteroatoms. The molecular weight excluding hydrogens is 271 g/mol. The van der Waals surface area contributed by atoms with E-state index in [9.17, 15) is 9.59 Å². The number of carbonyl (C=O) groups excluding carboxylic acids is 2. The van der Waals surface area contributed by atoms with Crippen LogP contribution in [0.25, 0.3) is 0 Å². The maximum absolute atomic E-state index is 11.8. The quantitative estimate of drug-likeness (QED) is 0.645. The Morgan fingerprint density at radius 2 is 2.05 bits per heavy atom. The van der Waals surface area contributed by atoms with Gasteiger partial charge in [-0.2, -0.15) is 0 Å². The Bertz CT molecular complexity index is 497. The second-order valence-corrected chi connectivity index (χ2v) is 5.51. The van der Waals surface area contributed by atoms with Crippen molar-refractivity contribution in [3.8, 4) is 0 Å². The molecule has 0 aromatic carbocycles. The van der Waals surface area contributed by atoms with Crippen molar-refractivity contribution in [1.82, 2.24) is 10.3 Å². The summed E-state index contributed by atoms with van der Waals surface area (Å²) in [6.45, 7) is 5.21. The predicted octanol–water partition coefficient (Wildman–Crippen LogP) is 0.484. The lowest BCUT2D eigenvalue weighted by atomic mass is 9.98. The fourth-order valence-corrected chi connectivity index (χ4v) is 1.55. The topological polar surface area (TPSA) is 77.5 Å². The standard InChI is InChI=1S/C14H19BN2O4/c1-14(2,3)21-13(19)17-11(12(18)20-4)7-10-6-5-9(15)8-16-10/h5-6,8,11H,7H2,1-4H3,(H,17,19). The highest BCUT2D eigenvalue weighted by Crippen LogP contribution is 2.08. The zero-order valence-electron chi connectivity index (χ0n) is 12.7. The Morgan fingerprint density at radius 3 is 2.52 bits per heavy atom. The Morgan fingerprint density at radius 1 is 1.38 bits per heavy atom. The van der Waals surface area contributed by atoms with Crippen molar-refractivity contribution >= 4 is 25.4 Å². The van der Waals surface area contributed by atoms with Gasteiger partial charge in [-0.15, -0.1) is 0 Å². The van der Waals surface area contributed by atoms with Crippen molar-refractivity contribution in [2.75, 3.05) is 7.11 Å². The van der Waals surface area contributed by atoms with Crippen molar-refractivity contribution in [2.24, 2.45) is 0 Å². The number of esters is 1. The summed E-state index contributed by atoms with van der Waals surface area (Å²) in [6, 6.07) is 2.48. The monoisotopic (exact) mass is 290 g/mol. The fourth-order valence-electron chi connectivity index (χ4n) is 1.55. The van der Waals surface area contributed by atoms with Gasteiger partial charge in [-0.05, 0) is 26.8 Å². The van der Waals surface area contributed by atoms with Crippen LogP contribution in [0.5, 0.6) is 0 Å². The molecule has 0 aliphatic carbocycles. The van der Waals surface area contributed by atoms with E-state index in [0.717, 1.165) is 0 Å². The maximum Gasteiger partial charge on any atom is 0.408 e. The number of aromatic nitrogens is 1. The first-order chi connectivity index (χ1) is 9.71. The Labute approximate surface area is 125 Å². The van der Waals surface area contributed by atoms with E-state index in [2.05, 4.69) is 15.0 Å². The van der Waals surface area contributed by atoms with Gasteiger partial charge < -0.3 is 14.8 Å². The number of methoxy groups -OCH3 is 1. The van der Waals surface area contributed by atoms with Crippen LogP contribution in [-0.2, 0) is 20.7 Å². The van der Waals surface area contributed by atoms with Gasteiger partial charge in [-0.3, -0.25) is 4.98 Å². The molecule has 2 radical (unpaired) electrons. The van der Waals surface area contributed by atoms with Crippen LogP contribution in [0.4, 0.5) is 4.79 Å². The number of alkyl carbamates (subject to hydrolysis) is 1. The molecule has 1 rings (SSSR count). The summed E-state index contributed by atoms with van der Waals surface area (Å²) in [7, 11) is 6.80. The van der Waals surface area contributed by atoms with Crippen molar-refractivity contribution in [3.63, 3.8) is 0 Å². The molecule has 0 aliphatic heterocycles. The van der Waals surface area contributed by atoms with E-state index in [1.165, 1.54) is 13.3 Å². The van der Waals surface area contributed by atoms with E-state index in [0.29, 0.717) is 11.2 Å². The van der Waals surface area contributed by atoms with Gasteiger partial charge in [0.05, 0.1) is 7.11 Å². The molecule has 0 aliphatic rings. The second kappa shape index (κ2) is 7.10. The van der Waals surface area contributed by atoms with Crippen LogP contribution in [0, 0.1) is 0 Å². The van der Waals surface area contributed by atoms with Crippen molar-refractivity contribution in [3.05, 3.63) is 24.0 Å². The third-order valence-corrected chi connectivity index (χ3v) is 2.44. The van der Waals surface area contributed by atoms with Gasteiger partial charge in [0.25, 0.3) is 0 Å². The minimum absolute atomic E-state index is 0.187. The molecule has 1 atom stereocenters. The summed E-state index contributed by atoms with van der Waals surface area (Å²) in [5.74, 6) is -0.570. The summed E-state index contributed by atoms with van der Waals surface area (Å²) in [6.07, 6.45) is 0.983. The van der Waals surface area contributed by atoms with Crippen molar-refractivity contribution < 1.29 is 19.1 Å². The number of ether oxygens (including phenoxy) is 2. The summed E-state index contributed by atoms with van der Waals surface area (Å²) in [5, 5.41) is 2.48. The molecule has 112 valence electrons. The Kier molecular flexibility index (Phi) is 5.75. The molecule has 1 unspecified atom stereocenters. The zero-order chi connectivity index (χ0) is 16.0. The van der Waals surface area contributed by atoms with Gasteiger partial charge in [-0.1, -0.05) is 11.5 Å². The molecule has 21 heavy (non-hydrogen) atoms. The van der Waals surface area contributed by atoms with E-state index in [-0.39, 0.29) is 6.42 Å². The van der Waals surface area contributed by atoms with Crippen LogP contribution in [0.3, 0.4) is 0 Å². The molecule has 0 bridgehead atoms. The van der Waals surface area contributed by atoms with Gasteiger partial charge in [0, 0.05) is 18.3 Å². The number of hydrogen-bond acceptors (Lipinski definition) is 5. The molecule has 1 amide bonds. The Balaban J connectivity index is 2.74. The van der Waals surface area contributed by atoms with Crippen LogP contribution in [-0.4, -0.2) is 43.6 Å². The van der Waals surface area contributed by atoms with Gasteiger partial charge >= 0.3 is 12.1 Å². The van der Waals surface area contributed by atoms with Gasteiger partial charge in [0.2, 0.25) is 0 Å². The first kappa shape index (κ1) is 17.0. The van der Waals surface area contributed by atoms with Crippen molar-refractivity contribution in [1.29, 1.82) is 0 Å². The van der Waals surface area contributed by atoms with E-state index < -0.39 is 23.7 Å². The largest absolute Gasteiger partial charge is 0.467 e. The first-order valence-corrected chi connectivity index (χ1v) is 6.49. The molecule has 0 spiro atoms. The van der Waals surface area contributed by atoms with Crippen LogP contribution < -0.4 is 10.8 Å². The van der Waals surface area contributed by atoms with Crippen LogP contribution in [0.15, 0.2) is 18.3 Å². The number of carbonyl (C=O) groups is 2. The highest BCUT2D eigenvalue weighted by molar-refractivity contribution is 6.32. The van der Waals surface area contributed by atoms with Crippen LogP contribution >= 0.6 is 0 Å². The fraction of sp³-hybridized carbons (Fsp3) is 0.500. The average molecular weight is 290 g/mol. The van der Waals surface area contributed by atoms with E-state index >= 15 is 0 Å². The number of amides is 1. The number of nitrogens with one attached hydrogen (secondary N) is 1. The molecule has 0 fully saturated rings. The lowest BCUT2D eigenvalue weighted by Gasteiger charge is -2.22. The lowest BCUT2D eigenvalue weighted by Crippen LogP contribution is -2.45. The molecular formula is C14H19BN2O4. The summed E-state index contributed by atoms with van der Waals surface area (Å²) in [4.78, 5) is 27.6. The molecule has 0 saturated carbocycles. The smallest absolute Gasteiger partial charge is 0.408 e.